The van der Waals surface area contributed by atoms with E-state index < -0.39 is 0 Å². The molecule has 0 aliphatic heterocycles. The van der Waals surface area contributed by atoms with Gasteiger partial charge in [0.2, 0.25) is 0 Å². The van der Waals surface area contributed by atoms with E-state index in [1.165, 1.54) is 0 Å². The summed E-state index contributed by atoms with van der Waals surface area (Å²) in [6.07, 6.45) is 1.86. The predicted molar refractivity (Wildman–Crippen MR) is 83.9 cm³/mol. The molecule has 0 unspecified atom stereocenters. The Labute approximate surface area is 122 Å². The number of nitrogens with one attached hydrogen (secondary N) is 2. The summed E-state index contributed by atoms with van der Waals surface area (Å²) in [6, 6.07) is 14.9. The number of benzene rings is 2. The van der Waals surface area contributed by atoms with Gasteiger partial charge in [-0.3, -0.25) is 4.79 Å². The zero-order valence-electron chi connectivity index (χ0n) is 11.7. The zero-order valence-corrected chi connectivity index (χ0v) is 11.7. The Bertz CT molecular complexity index is 777. The first-order valence-electron chi connectivity index (χ1n) is 6.87. The summed E-state index contributed by atoms with van der Waals surface area (Å²) < 4.78 is 5.43. The number of ether oxygens (including phenoxy) is 1. The summed E-state index contributed by atoms with van der Waals surface area (Å²) in [4.78, 5) is 15.4. The lowest BCUT2D eigenvalue weighted by atomic mass is 10.1. The maximum Gasteiger partial charge on any atom is 0.255 e. The highest BCUT2D eigenvalue weighted by atomic mass is 16.5. The van der Waals surface area contributed by atoms with E-state index in [-0.39, 0.29) is 5.91 Å². The number of fused-ring (bicyclic) bond motifs is 1. The highest BCUT2D eigenvalue weighted by Gasteiger charge is 2.07. The molecule has 0 radical (unpaired) electrons. The molecule has 0 saturated heterocycles. The molecule has 0 atom stereocenters. The SMILES string of the molecule is CCOc1cccc(NC(=O)c2ccc3[nH]ccc3c2)c1. The van der Waals surface area contributed by atoms with Gasteiger partial charge >= 0.3 is 0 Å². The molecule has 0 spiro atoms. The molecule has 0 saturated carbocycles. The van der Waals surface area contributed by atoms with Crippen molar-refractivity contribution in [3.8, 4) is 5.75 Å². The lowest BCUT2D eigenvalue weighted by molar-refractivity contribution is 0.102. The highest BCUT2D eigenvalue weighted by molar-refractivity contribution is 6.06. The van der Waals surface area contributed by atoms with Gasteiger partial charge in [-0.15, -0.1) is 0 Å². The van der Waals surface area contributed by atoms with Crippen LogP contribution in [0.3, 0.4) is 0 Å². The number of hydrogen-bond donors (Lipinski definition) is 2. The average molecular weight is 280 g/mol. The molecule has 1 heterocycles. The minimum absolute atomic E-state index is 0.133. The molecule has 3 aromatic rings. The third-order valence-electron chi connectivity index (χ3n) is 3.22. The molecule has 106 valence electrons. The van der Waals surface area contributed by atoms with Gasteiger partial charge in [-0.05, 0) is 43.3 Å². The van der Waals surface area contributed by atoms with Crippen LogP contribution < -0.4 is 10.1 Å². The predicted octanol–water partition coefficient (Wildman–Crippen LogP) is 3.82. The molecule has 0 aliphatic rings. The summed E-state index contributed by atoms with van der Waals surface area (Å²) in [7, 11) is 0. The normalized spacial score (nSPS) is 10.5. The Balaban J connectivity index is 1.80. The van der Waals surface area contributed by atoms with E-state index in [9.17, 15) is 4.79 Å². The second-order valence-electron chi connectivity index (χ2n) is 4.69. The molecular weight excluding hydrogens is 264 g/mol. The summed E-state index contributed by atoms with van der Waals surface area (Å²) in [5.74, 6) is 0.614. The fourth-order valence-electron chi connectivity index (χ4n) is 2.23. The smallest absolute Gasteiger partial charge is 0.255 e. The van der Waals surface area contributed by atoms with E-state index in [2.05, 4.69) is 10.3 Å². The minimum atomic E-state index is -0.133. The zero-order chi connectivity index (χ0) is 14.7. The van der Waals surface area contributed by atoms with Crippen molar-refractivity contribution in [1.82, 2.24) is 4.98 Å². The van der Waals surface area contributed by atoms with Gasteiger partial charge in [0.1, 0.15) is 5.75 Å². The first-order chi connectivity index (χ1) is 10.3. The van der Waals surface area contributed by atoms with Gasteiger partial charge < -0.3 is 15.0 Å². The van der Waals surface area contributed by atoms with Crippen LogP contribution in [-0.2, 0) is 0 Å². The van der Waals surface area contributed by atoms with E-state index in [1.54, 1.807) is 6.07 Å². The van der Waals surface area contributed by atoms with Crippen molar-refractivity contribution in [3.63, 3.8) is 0 Å². The third-order valence-corrected chi connectivity index (χ3v) is 3.22. The summed E-state index contributed by atoms with van der Waals surface area (Å²) in [6.45, 7) is 2.53. The Morgan fingerprint density at radius 1 is 1.19 bits per heavy atom. The third kappa shape index (κ3) is 2.89. The second kappa shape index (κ2) is 5.71. The van der Waals surface area contributed by atoms with Gasteiger partial charge in [-0.1, -0.05) is 6.07 Å². The van der Waals surface area contributed by atoms with Crippen LogP contribution in [0.25, 0.3) is 10.9 Å². The summed E-state index contributed by atoms with van der Waals surface area (Å²) in [5, 5.41) is 3.90. The number of aromatic amines is 1. The number of aromatic nitrogens is 1. The number of hydrogen-bond acceptors (Lipinski definition) is 2. The van der Waals surface area contributed by atoms with E-state index in [0.717, 1.165) is 22.3 Å². The van der Waals surface area contributed by atoms with Crippen LogP contribution in [0.1, 0.15) is 17.3 Å². The van der Waals surface area contributed by atoms with Crippen molar-refractivity contribution in [2.75, 3.05) is 11.9 Å². The number of H-pyrrole nitrogens is 1. The molecular formula is C17H16N2O2. The summed E-state index contributed by atoms with van der Waals surface area (Å²) >= 11 is 0. The van der Waals surface area contributed by atoms with Crippen molar-refractivity contribution in [1.29, 1.82) is 0 Å². The van der Waals surface area contributed by atoms with Crippen LogP contribution in [0.15, 0.2) is 54.7 Å². The molecule has 4 nitrogen and oxygen atoms in total. The summed E-state index contributed by atoms with van der Waals surface area (Å²) in [5.41, 5.74) is 2.37. The van der Waals surface area contributed by atoms with Gasteiger partial charge in [0.25, 0.3) is 5.91 Å². The van der Waals surface area contributed by atoms with Gasteiger partial charge in [-0.2, -0.15) is 0 Å². The van der Waals surface area contributed by atoms with E-state index in [0.29, 0.717) is 12.2 Å². The Morgan fingerprint density at radius 3 is 2.95 bits per heavy atom. The lowest BCUT2D eigenvalue weighted by Crippen LogP contribution is -2.11. The molecule has 0 fully saturated rings. The molecule has 1 amide bonds. The van der Waals surface area contributed by atoms with Crippen molar-refractivity contribution < 1.29 is 9.53 Å². The first kappa shape index (κ1) is 13.2. The molecule has 0 aliphatic carbocycles. The largest absolute Gasteiger partial charge is 0.494 e. The molecule has 2 N–H and O–H groups in total. The molecule has 3 rings (SSSR count). The minimum Gasteiger partial charge on any atom is -0.494 e. The molecule has 21 heavy (non-hydrogen) atoms. The van der Waals surface area contributed by atoms with Crippen LogP contribution in [-0.4, -0.2) is 17.5 Å². The molecule has 0 bridgehead atoms. The van der Waals surface area contributed by atoms with Crippen LogP contribution >= 0.6 is 0 Å². The van der Waals surface area contributed by atoms with Crippen molar-refractivity contribution >= 4 is 22.5 Å². The van der Waals surface area contributed by atoms with Crippen molar-refractivity contribution in [2.45, 2.75) is 6.92 Å². The first-order valence-corrected chi connectivity index (χ1v) is 6.87. The molecule has 1 aromatic heterocycles. The highest BCUT2D eigenvalue weighted by Crippen LogP contribution is 2.19. The van der Waals surface area contributed by atoms with Crippen LogP contribution in [0.2, 0.25) is 0 Å². The van der Waals surface area contributed by atoms with Gasteiger partial charge in [0.05, 0.1) is 6.61 Å². The number of carbonyl (C=O) groups excluding carboxylic acids is 1. The van der Waals surface area contributed by atoms with Crippen LogP contribution in [0, 0.1) is 0 Å². The Hall–Kier alpha value is -2.75. The fourth-order valence-corrected chi connectivity index (χ4v) is 2.23. The standard InChI is InChI=1S/C17H16N2O2/c1-2-21-15-5-3-4-14(11-15)19-17(20)13-6-7-16-12(10-13)8-9-18-16/h3-11,18H,2H2,1H3,(H,19,20). The Kier molecular flexibility index (Phi) is 3.60. The van der Waals surface area contributed by atoms with Crippen molar-refractivity contribution in [2.24, 2.45) is 0 Å². The molecule has 4 heteroatoms. The quantitative estimate of drug-likeness (QED) is 0.763. The number of carbonyl (C=O) groups is 1. The van der Waals surface area contributed by atoms with Crippen molar-refractivity contribution in [3.05, 3.63) is 60.3 Å². The maximum atomic E-state index is 12.3. The Morgan fingerprint density at radius 2 is 2.10 bits per heavy atom. The van der Waals surface area contributed by atoms with E-state index >= 15 is 0 Å². The van der Waals surface area contributed by atoms with E-state index in [4.69, 9.17) is 4.74 Å². The second-order valence-corrected chi connectivity index (χ2v) is 4.69. The average Bonchev–Trinajstić information content (AvgIpc) is 2.95. The number of rotatable bonds is 4. The monoisotopic (exact) mass is 280 g/mol. The topological polar surface area (TPSA) is 54.1 Å². The number of amides is 1. The fraction of sp³-hybridized carbons (Fsp3) is 0.118. The lowest BCUT2D eigenvalue weighted by Gasteiger charge is -2.08. The number of anilines is 1. The van der Waals surface area contributed by atoms with Gasteiger partial charge in [0.15, 0.2) is 0 Å². The van der Waals surface area contributed by atoms with Crippen LogP contribution in [0.5, 0.6) is 5.75 Å². The van der Waals surface area contributed by atoms with Gasteiger partial charge in [-0.25, -0.2) is 0 Å². The van der Waals surface area contributed by atoms with E-state index in [1.807, 2.05) is 55.6 Å². The van der Waals surface area contributed by atoms with Crippen LogP contribution in [0.4, 0.5) is 5.69 Å². The van der Waals surface area contributed by atoms with Gasteiger partial charge in [0, 0.05) is 34.4 Å². The maximum absolute atomic E-state index is 12.3. The molecule has 2 aromatic carbocycles.